The van der Waals surface area contributed by atoms with E-state index in [1.165, 1.54) is 17.8 Å². The molecule has 5 rings (SSSR count). The molecule has 0 bridgehead atoms. The SMILES string of the molecule is C=CC(=O)Nc1cccc(-c2cc(=O)[nH]c3cnc(Nc4ccc(N5CCN(CCOC)CC5)cc4)nc23)c1. The quantitative estimate of drug-likeness (QED) is 0.284. The zero-order valence-corrected chi connectivity index (χ0v) is 21.8. The number of carbonyl (C=O) groups is 1. The van der Waals surface area contributed by atoms with E-state index in [9.17, 15) is 9.59 Å². The van der Waals surface area contributed by atoms with Gasteiger partial charge in [0.15, 0.2) is 0 Å². The minimum Gasteiger partial charge on any atom is -0.383 e. The Kier molecular flexibility index (Phi) is 7.95. The highest BCUT2D eigenvalue weighted by atomic mass is 16.5. The number of carbonyl (C=O) groups excluding carboxylic acids is 1. The smallest absolute Gasteiger partial charge is 0.249 e. The highest BCUT2D eigenvalue weighted by Gasteiger charge is 2.17. The molecule has 39 heavy (non-hydrogen) atoms. The molecule has 1 aliphatic heterocycles. The second kappa shape index (κ2) is 11.9. The van der Waals surface area contributed by atoms with Crippen molar-refractivity contribution in [3.8, 4) is 11.1 Å². The number of fused-ring (bicyclic) bond motifs is 1. The molecule has 200 valence electrons. The highest BCUT2D eigenvalue weighted by molar-refractivity contribution is 6.00. The van der Waals surface area contributed by atoms with Gasteiger partial charge in [0.1, 0.15) is 5.52 Å². The largest absolute Gasteiger partial charge is 0.383 e. The summed E-state index contributed by atoms with van der Waals surface area (Å²) in [6.07, 6.45) is 2.80. The van der Waals surface area contributed by atoms with Crippen molar-refractivity contribution in [3.63, 3.8) is 0 Å². The summed E-state index contributed by atoms with van der Waals surface area (Å²) in [4.78, 5) is 40.8. The lowest BCUT2D eigenvalue weighted by Crippen LogP contribution is -2.47. The van der Waals surface area contributed by atoms with Crippen molar-refractivity contribution in [1.82, 2.24) is 19.9 Å². The molecule has 1 amide bonds. The number of aromatic nitrogens is 3. The van der Waals surface area contributed by atoms with Gasteiger partial charge in [0.2, 0.25) is 17.4 Å². The fourth-order valence-corrected chi connectivity index (χ4v) is 4.62. The van der Waals surface area contributed by atoms with Crippen LogP contribution in [0.25, 0.3) is 22.2 Å². The molecule has 2 aromatic carbocycles. The average molecular weight is 526 g/mol. The predicted molar refractivity (Wildman–Crippen MR) is 155 cm³/mol. The van der Waals surface area contributed by atoms with Crippen molar-refractivity contribution in [2.45, 2.75) is 0 Å². The van der Waals surface area contributed by atoms with Crippen LogP contribution in [0.15, 0.2) is 78.2 Å². The number of aromatic amines is 1. The predicted octanol–water partition coefficient (Wildman–Crippen LogP) is 3.62. The Morgan fingerprint density at radius 1 is 1.10 bits per heavy atom. The monoisotopic (exact) mass is 525 g/mol. The topological polar surface area (TPSA) is 115 Å². The first kappa shape index (κ1) is 26.1. The molecular formula is C29H31N7O3. The van der Waals surface area contributed by atoms with Gasteiger partial charge >= 0.3 is 0 Å². The van der Waals surface area contributed by atoms with Crippen LogP contribution in [0.3, 0.4) is 0 Å². The number of nitrogens with one attached hydrogen (secondary N) is 3. The van der Waals surface area contributed by atoms with Gasteiger partial charge in [-0.15, -0.1) is 0 Å². The molecule has 0 unspecified atom stereocenters. The van der Waals surface area contributed by atoms with E-state index in [2.05, 4.69) is 49.1 Å². The number of pyridine rings is 1. The van der Waals surface area contributed by atoms with Gasteiger partial charge in [-0.2, -0.15) is 0 Å². The van der Waals surface area contributed by atoms with Gasteiger partial charge in [-0.05, 0) is 48.0 Å². The molecule has 0 spiro atoms. The summed E-state index contributed by atoms with van der Waals surface area (Å²) in [7, 11) is 1.74. The number of nitrogens with zero attached hydrogens (tertiary/aromatic N) is 4. The Bertz CT molecular complexity index is 1530. The fraction of sp³-hybridized carbons (Fsp3) is 0.241. The standard InChI is InChI=1S/C29H31N7O3/c1-3-26(37)31-22-6-4-5-20(17-22)24-18-27(38)33-25-19-30-29(34-28(24)25)32-21-7-9-23(10-8-21)36-13-11-35(12-14-36)15-16-39-2/h3-10,17-19H,1,11-16H2,2H3,(H,31,37)(H,33,38)(H,30,32,34). The first-order valence-electron chi connectivity index (χ1n) is 12.8. The van der Waals surface area contributed by atoms with Gasteiger partial charge in [0, 0.05) is 68.5 Å². The summed E-state index contributed by atoms with van der Waals surface area (Å²) in [6.45, 7) is 9.19. The van der Waals surface area contributed by atoms with E-state index in [0.29, 0.717) is 28.2 Å². The fourth-order valence-electron chi connectivity index (χ4n) is 4.62. The van der Waals surface area contributed by atoms with Crippen LogP contribution in [-0.2, 0) is 9.53 Å². The van der Waals surface area contributed by atoms with Crippen LogP contribution in [0.4, 0.5) is 23.0 Å². The Labute approximate surface area is 226 Å². The molecule has 10 nitrogen and oxygen atoms in total. The zero-order chi connectivity index (χ0) is 27.2. The Balaban J connectivity index is 1.34. The van der Waals surface area contributed by atoms with Crippen LogP contribution in [0.1, 0.15) is 0 Å². The maximum Gasteiger partial charge on any atom is 0.249 e. The van der Waals surface area contributed by atoms with Crippen molar-refractivity contribution in [2.24, 2.45) is 0 Å². The third-order valence-electron chi connectivity index (χ3n) is 6.68. The van der Waals surface area contributed by atoms with Crippen LogP contribution < -0.4 is 21.1 Å². The number of hydrogen-bond donors (Lipinski definition) is 3. The van der Waals surface area contributed by atoms with Crippen molar-refractivity contribution < 1.29 is 9.53 Å². The van der Waals surface area contributed by atoms with E-state index in [-0.39, 0.29) is 11.5 Å². The summed E-state index contributed by atoms with van der Waals surface area (Å²) in [6, 6.07) is 17.0. The maximum absolute atomic E-state index is 12.4. The van der Waals surface area contributed by atoms with Crippen molar-refractivity contribution >= 4 is 40.0 Å². The third-order valence-corrected chi connectivity index (χ3v) is 6.68. The molecule has 0 aliphatic carbocycles. The van der Waals surface area contributed by atoms with Gasteiger partial charge in [0.05, 0.1) is 18.3 Å². The molecule has 2 aromatic heterocycles. The van der Waals surface area contributed by atoms with E-state index in [1.54, 1.807) is 25.4 Å². The Morgan fingerprint density at radius 3 is 2.64 bits per heavy atom. The molecule has 1 fully saturated rings. The summed E-state index contributed by atoms with van der Waals surface area (Å²) in [5.41, 5.74) is 4.84. The molecule has 0 atom stereocenters. The molecule has 1 aliphatic rings. The van der Waals surface area contributed by atoms with Crippen LogP contribution >= 0.6 is 0 Å². The maximum atomic E-state index is 12.4. The molecule has 10 heteroatoms. The number of rotatable bonds is 9. The Hall–Kier alpha value is -4.54. The number of H-pyrrole nitrogens is 1. The number of ether oxygens (including phenoxy) is 1. The van der Waals surface area contributed by atoms with Gasteiger partial charge in [-0.3, -0.25) is 14.5 Å². The van der Waals surface area contributed by atoms with E-state index in [1.807, 2.05) is 24.3 Å². The summed E-state index contributed by atoms with van der Waals surface area (Å²) in [5, 5.41) is 6.02. The van der Waals surface area contributed by atoms with Crippen molar-refractivity contribution in [1.29, 1.82) is 0 Å². The lowest BCUT2D eigenvalue weighted by molar-refractivity contribution is -0.111. The molecular weight excluding hydrogens is 494 g/mol. The summed E-state index contributed by atoms with van der Waals surface area (Å²) < 4.78 is 5.19. The molecule has 0 saturated carbocycles. The van der Waals surface area contributed by atoms with Gasteiger partial charge in [-0.1, -0.05) is 18.7 Å². The van der Waals surface area contributed by atoms with Gasteiger partial charge in [0.25, 0.3) is 0 Å². The van der Waals surface area contributed by atoms with Crippen LogP contribution in [0, 0.1) is 0 Å². The first-order chi connectivity index (χ1) is 19.0. The van der Waals surface area contributed by atoms with E-state index >= 15 is 0 Å². The summed E-state index contributed by atoms with van der Waals surface area (Å²) in [5.74, 6) is 0.0958. The normalized spacial score (nSPS) is 13.8. The lowest BCUT2D eigenvalue weighted by atomic mass is 10.0. The number of piperazine rings is 1. The zero-order valence-electron chi connectivity index (χ0n) is 21.8. The van der Waals surface area contributed by atoms with Crippen molar-refractivity contribution in [2.75, 3.05) is 62.0 Å². The van der Waals surface area contributed by atoms with Gasteiger partial charge in [-0.25, -0.2) is 9.97 Å². The number of benzene rings is 2. The number of hydrogen-bond acceptors (Lipinski definition) is 8. The van der Waals surface area contributed by atoms with Crippen LogP contribution in [0.5, 0.6) is 0 Å². The van der Waals surface area contributed by atoms with E-state index in [4.69, 9.17) is 9.72 Å². The van der Waals surface area contributed by atoms with E-state index in [0.717, 1.165) is 50.6 Å². The molecule has 0 radical (unpaired) electrons. The molecule has 3 heterocycles. The molecule has 4 aromatic rings. The number of amides is 1. The van der Waals surface area contributed by atoms with E-state index < -0.39 is 0 Å². The summed E-state index contributed by atoms with van der Waals surface area (Å²) >= 11 is 0. The first-order valence-corrected chi connectivity index (χ1v) is 12.8. The minimum absolute atomic E-state index is 0.266. The second-order valence-electron chi connectivity index (χ2n) is 9.27. The average Bonchev–Trinajstić information content (AvgIpc) is 2.96. The van der Waals surface area contributed by atoms with Crippen LogP contribution in [-0.4, -0.2) is 72.2 Å². The molecule has 3 N–H and O–H groups in total. The minimum atomic E-state index is -0.313. The Morgan fingerprint density at radius 2 is 1.90 bits per heavy atom. The molecule has 1 saturated heterocycles. The lowest BCUT2D eigenvalue weighted by Gasteiger charge is -2.36. The third kappa shape index (κ3) is 6.31. The number of methoxy groups -OCH3 is 1. The van der Waals surface area contributed by atoms with Crippen LogP contribution in [0.2, 0.25) is 0 Å². The highest BCUT2D eigenvalue weighted by Crippen LogP contribution is 2.28. The van der Waals surface area contributed by atoms with Gasteiger partial charge < -0.3 is 25.3 Å². The number of anilines is 4. The van der Waals surface area contributed by atoms with Crippen molar-refractivity contribution in [3.05, 3.63) is 83.8 Å². The second-order valence-corrected chi connectivity index (χ2v) is 9.27.